The van der Waals surface area contributed by atoms with Gasteiger partial charge in [-0.3, -0.25) is 15.1 Å². The molecule has 2 N–H and O–H groups in total. The molecule has 0 atom stereocenters. The molecule has 0 aliphatic rings. The maximum atomic E-state index is 13.8. The first-order chi connectivity index (χ1) is 11.3. The number of benzene rings is 1. The Hall–Kier alpha value is -2.89. The normalized spacial score (nSPS) is 13.4. The predicted octanol–water partition coefficient (Wildman–Crippen LogP) is 2.75. The molecule has 3 rings (SSSR count). The molecule has 0 aliphatic carbocycles. The van der Waals surface area contributed by atoms with Gasteiger partial charge in [-0.25, -0.2) is 9.18 Å². The Kier molecular flexibility index (Phi) is 1.94. The number of anilines is 1. The summed E-state index contributed by atoms with van der Waals surface area (Å²) in [6, 6.07) is 1.21. The van der Waals surface area contributed by atoms with E-state index >= 15 is 0 Å². The van der Waals surface area contributed by atoms with Crippen molar-refractivity contribution < 1.29 is 19.8 Å². The molecule has 100 valence electrons. The van der Waals surface area contributed by atoms with Gasteiger partial charge in [0.1, 0.15) is 0 Å². The summed E-state index contributed by atoms with van der Waals surface area (Å²) < 4.78 is 46.1. The minimum Gasteiger partial charge on any atom is -0.478 e. The molecule has 1 aromatic carbocycles. The SMILES string of the molecule is [2H]c1cc2c(C(=O)O)c([2H])n(Nc3ccncc3F)c2c([2H])c1[2H]. The number of hydrogen-bond donors (Lipinski definition) is 2. The first-order valence-electron chi connectivity index (χ1n) is 7.54. The summed E-state index contributed by atoms with van der Waals surface area (Å²) in [5.41, 5.74) is 1.93. The lowest BCUT2D eigenvalue weighted by atomic mass is 10.2. The fourth-order valence-corrected chi connectivity index (χ4v) is 1.77. The smallest absolute Gasteiger partial charge is 0.337 e. The van der Waals surface area contributed by atoms with Crippen molar-refractivity contribution >= 4 is 22.6 Å². The summed E-state index contributed by atoms with van der Waals surface area (Å²) in [5.74, 6) is -2.15. The van der Waals surface area contributed by atoms with Gasteiger partial charge in [0.05, 0.1) is 28.4 Å². The lowest BCUT2D eigenvalue weighted by Gasteiger charge is -2.09. The van der Waals surface area contributed by atoms with Crippen LogP contribution in [-0.4, -0.2) is 20.7 Å². The second-order valence-corrected chi connectivity index (χ2v) is 3.90. The summed E-state index contributed by atoms with van der Waals surface area (Å²) in [4.78, 5) is 15.1. The molecule has 0 aliphatic heterocycles. The monoisotopic (exact) mass is 275 g/mol. The molecule has 0 amide bonds. The maximum absolute atomic E-state index is 13.8. The fraction of sp³-hybridized carbons (Fsp3) is 0. The third-order valence-corrected chi connectivity index (χ3v) is 2.66. The summed E-state index contributed by atoms with van der Waals surface area (Å²) >= 11 is 0. The van der Waals surface area contributed by atoms with Gasteiger partial charge >= 0.3 is 5.97 Å². The van der Waals surface area contributed by atoms with E-state index in [2.05, 4.69) is 10.4 Å². The van der Waals surface area contributed by atoms with E-state index in [1.54, 1.807) is 0 Å². The largest absolute Gasteiger partial charge is 0.478 e. The van der Waals surface area contributed by atoms with Crippen molar-refractivity contribution in [3.8, 4) is 0 Å². The molecular formula is C14H10FN3O2. The van der Waals surface area contributed by atoms with Crippen molar-refractivity contribution in [1.82, 2.24) is 9.66 Å². The number of nitrogens with zero attached hydrogens (tertiary/aromatic N) is 2. The van der Waals surface area contributed by atoms with Gasteiger partial charge in [-0.05, 0) is 12.1 Å². The standard InChI is InChI=1S/C14H10FN3O2/c15-11-7-16-6-5-12(11)17-18-8-10(14(19)20)9-3-1-2-4-13(9)18/h1-8H,(H,16,17)(H,19,20)/i1D,2D,4D,8D. The molecule has 0 saturated carbocycles. The molecule has 3 aromatic rings. The zero-order chi connectivity index (χ0) is 17.6. The van der Waals surface area contributed by atoms with Crippen LogP contribution in [0.15, 0.2) is 48.8 Å². The summed E-state index contributed by atoms with van der Waals surface area (Å²) in [5, 5.41) is 9.29. The van der Waals surface area contributed by atoms with Crippen LogP contribution in [0.5, 0.6) is 0 Å². The van der Waals surface area contributed by atoms with Crippen LogP contribution in [0.1, 0.15) is 15.8 Å². The van der Waals surface area contributed by atoms with Crippen LogP contribution in [0.3, 0.4) is 0 Å². The Morgan fingerprint density at radius 1 is 1.45 bits per heavy atom. The van der Waals surface area contributed by atoms with E-state index in [-0.39, 0.29) is 22.6 Å². The second-order valence-electron chi connectivity index (χ2n) is 3.90. The van der Waals surface area contributed by atoms with Crippen LogP contribution in [0.4, 0.5) is 10.1 Å². The number of para-hydroxylation sites is 1. The van der Waals surface area contributed by atoms with Crippen molar-refractivity contribution in [2.24, 2.45) is 0 Å². The number of carboxylic acid groups (broad SMARTS) is 1. The van der Waals surface area contributed by atoms with Crippen LogP contribution in [-0.2, 0) is 0 Å². The molecule has 0 unspecified atom stereocenters. The van der Waals surface area contributed by atoms with Crippen molar-refractivity contribution in [1.29, 1.82) is 0 Å². The highest BCUT2D eigenvalue weighted by Gasteiger charge is 2.14. The number of aromatic carboxylic acids is 1. The lowest BCUT2D eigenvalue weighted by molar-refractivity contribution is 0.0699. The number of carboxylic acids is 1. The van der Waals surface area contributed by atoms with E-state index in [1.807, 2.05) is 0 Å². The number of carbonyl (C=O) groups is 1. The highest BCUT2D eigenvalue weighted by molar-refractivity contribution is 6.03. The van der Waals surface area contributed by atoms with E-state index in [0.29, 0.717) is 0 Å². The summed E-state index contributed by atoms with van der Waals surface area (Å²) in [6.45, 7) is 0. The molecule has 6 heteroatoms. The highest BCUT2D eigenvalue weighted by atomic mass is 19.1. The maximum Gasteiger partial charge on any atom is 0.337 e. The number of aromatic nitrogens is 2. The zero-order valence-electron chi connectivity index (χ0n) is 13.9. The van der Waals surface area contributed by atoms with Gasteiger partial charge in [-0.2, -0.15) is 0 Å². The van der Waals surface area contributed by atoms with E-state index in [4.69, 9.17) is 5.48 Å². The first kappa shape index (κ1) is 8.31. The van der Waals surface area contributed by atoms with Crippen molar-refractivity contribution in [3.05, 3.63) is 60.2 Å². The first-order valence-corrected chi connectivity index (χ1v) is 5.54. The molecule has 2 aromatic heterocycles. The minimum absolute atomic E-state index is 0.0412. The third-order valence-electron chi connectivity index (χ3n) is 2.66. The van der Waals surface area contributed by atoms with E-state index in [9.17, 15) is 14.3 Å². The Bertz CT molecular complexity index is 990. The summed E-state index contributed by atoms with van der Waals surface area (Å²) in [7, 11) is 0. The van der Waals surface area contributed by atoms with Crippen LogP contribution in [0.2, 0.25) is 0 Å². The van der Waals surface area contributed by atoms with E-state index in [1.165, 1.54) is 12.3 Å². The Morgan fingerprint density at radius 3 is 3.05 bits per heavy atom. The van der Waals surface area contributed by atoms with Crippen LogP contribution in [0.25, 0.3) is 10.9 Å². The molecule has 0 radical (unpaired) electrons. The van der Waals surface area contributed by atoms with Crippen LogP contribution < -0.4 is 5.43 Å². The van der Waals surface area contributed by atoms with E-state index in [0.717, 1.165) is 16.9 Å². The quantitative estimate of drug-likeness (QED) is 0.771. The molecule has 0 spiro atoms. The van der Waals surface area contributed by atoms with Gasteiger partial charge in [-0.1, -0.05) is 18.2 Å². The number of pyridine rings is 1. The van der Waals surface area contributed by atoms with Crippen molar-refractivity contribution in [3.63, 3.8) is 0 Å². The number of halogens is 1. The average molecular weight is 275 g/mol. The predicted molar refractivity (Wildman–Crippen MR) is 72.1 cm³/mol. The molecular weight excluding hydrogens is 261 g/mol. The number of fused-ring (bicyclic) bond motifs is 1. The van der Waals surface area contributed by atoms with Gasteiger partial charge in [0.25, 0.3) is 0 Å². The number of nitrogens with one attached hydrogen (secondary N) is 1. The zero-order valence-corrected chi connectivity index (χ0v) is 9.94. The van der Waals surface area contributed by atoms with Crippen molar-refractivity contribution in [2.45, 2.75) is 0 Å². The van der Waals surface area contributed by atoms with Crippen LogP contribution in [0, 0.1) is 5.82 Å². The Morgan fingerprint density at radius 2 is 2.30 bits per heavy atom. The van der Waals surface area contributed by atoms with Gasteiger partial charge in [-0.15, -0.1) is 0 Å². The van der Waals surface area contributed by atoms with Crippen molar-refractivity contribution in [2.75, 3.05) is 5.43 Å². The summed E-state index contributed by atoms with van der Waals surface area (Å²) in [6.07, 6.45) is 1.72. The van der Waals surface area contributed by atoms with Gasteiger partial charge in [0.2, 0.25) is 0 Å². The fourth-order valence-electron chi connectivity index (χ4n) is 1.77. The molecule has 0 bridgehead atoms. The number of rotatable bonds is 3. The minimum atomic E-state index is -1.42. The van der Waals surface area contributed by atoms with Gasteiger partial charge in [0, 0.05) is 17.8 Å². The lowest BCUT2D eigenvalue weighted by Crippen LogP contribution is -2.09. The molecule has 0 saturated heterocycles. The van der Waals surface area contributed by atoms with Crippen LogP contribution >= 0.6 is 0 Å². The van der Waals surface area contributed by atoms with Gasteiger partial charge in [0.15, 0.2) is 5.82 Å². The van der Waals surface area contributed by atoms with E-state index < -0.39 is 35.6 Å². The topological polar surface area (TPSA) is 67.2 Å². The molecule has 20 heavy (non-hydrogen) atoms. The Balaban J connectivity index is 2.35. The number of hydrogen-bond acceptors (Lipinski definition) is 3. The average Bonchev–Trinajstić information content (AvgIpc) is 2.79. The third kappa shape index (κ3) is 1.97. The molecule has 0 fully saturated rings. The molecule has 5 nitrogen and oxygen atoms in total. The second kappa shape index (κ2) is 4.65. The highest BCUT2D eigenvalue weighted by Crippen LogP contribution is 2.22. The molecule has 2 heterocycles. The Labute approximate surface area is 118 Å². The van der Waals surface area contributed by atoms with Gasteiger partial charge < -0.3 is 5.11 Å².